The number of hydrogen-bond donors (Lipinski definition) is 2. The van der Waals surface area contributed by atoms with Crippen LogP contribution in [0, 0.1) is 5.41 Å². The zero-order chi connectivity index (χ0) is 10.6. The highest BCUT2D eigenvalue weighted by atomic mass is 14.9. The summed E-state index contributed by atoms with van der Waals surface area (Å²) in [6.07, 6.45) is 2.90. The third-order valence-corrected chi connectivity index (χ3v) is 1.99. The Labute approximate surface area is 85.7 Å². The quantitative estimate of drug-likeness (QED) is 0.775. The molecular formula is C11H19N3. The first-order chi connectivity index (χ1) is 6.47. The minimum atomic E-state index is 0.369. The zero-order valence-electron chi connectivity index (χ0n) is 9.17. The van der Waals surface area contributed by atoms with E-state index >= 15 is 0 Å². The Kier molecular flexibility index (Phi) is 3.33. The number of hydrogen-bond acceptors (Lipinski definition) is 3. The molecular weight excluding hydrogens is 174 g/mol. The fraction of sp³-hybridized carbons (Fsp3) is 0.545. The van der Waals surface area contributed by atoms with E-state index in [9.17, 15) is 0 Å². The van der Waals surface area contributed by atoms with Gasteiger partial charge in [-0.25, -0.2) is 4.98 Å². The first-order valence-corrected chi connectivity index (χ1v) is 4.93. The summed E-state index contributed by atoms with van der Waals surface area (Å²) < 4.78 is 0. The van der Waals surface area contributed by atoms with Gasteiger partial charge in [-0.3, -0.25) is 0 Å². The maximum absolute atomic E-state index is 5.49. The van der Waals surface area contributed by atoms with Crippen molar-refractivity contribution < 1.29 is 0 Å². The molecule has 0 aliphatic carbocycles. The van der Waals surface area contributed by atoms with Crippen LogP contribution in [0.25, 0.3) is 0 Å². The fourth-order valence-electron chi connectivity index (χ4n) is 1.09. The molecule has 14 heavy (non-hydrogen) atoms. The van der Waals surface area contributed by atoms with Crippen LogP contribution < -0.4 is 11.1 Å². The van der Waals surface area contributed by atoms with Crippen molar-refractivity contribution in [2.75, 3.05) is 17.6 Å². The van der Waals surface area contributed by atoms with Gasteiger partial charge < -0.3 is 11.1 Å². The number of rotatable bonds is 3. The summed E-state index contributed by atoms with van der Waals surface area (Å²) in [5.41, 5.74) is 6.89. The van der Waals surface area contributed by atoms with Gasteiger partial charge in [0.25, 0.3) is 0 Å². The average Bonchev–Trinajstić information content (AvgIpc) is 2.06. The van der Waals surface area contributed by atoms with Gasteiger partial charge >= 0.3 is 0 Å². The lowest BCUT2D eigenvalue weighted by atomic mass is 9.92. The second-order valence-electron chi connectivity index (χ2n) is 4.71. The number of nitrogens with one attached hydrogen (secondary N) is 1. The first kappa shape index (κ1) is 10.8. The minimum absolute atomic E-state index is 0.369. The van der Waals surface area contributed by atoms with E-state index in [2.05, 4.69) is 31.1 Å². The van der Waals surface area contributed by atoms with Gasteiger partial charge in [0.1, 0.15) is 5.82 Å². The van der Waals surface area contributed by atoms with Gasteiger partial charge in [0, 0.05) is 6.54 Å². The molecule has 0 aromatic carbocycles. The molecule has 0 fully saturated rings. The van der Waals surface area contributed by atoms with E-state index in [0.29, 0.717) is 11.2 Å². The van der Waals surface area contributed by atoms with Gasteiger partial charge in [-0.2, -0.15) is 0 Å². The van der Waals surface area contributed by atoms with Crippen LogP contribution in [0.15, 0.2) is 18.3 Å². The monoisotopic (exact) mass is 193 g/mol. The second-order valence-corrected chi connectivity index (χ2v) is 4.71. The Morgan fingerprint density at radius 3 is 2.57 bits per heavy atom. The summed E-state index contributed by atoms with van der Waals surface area (Å²) in [4.78, 5) is 4.01. The Hall–Kier alpha value is -1.25. The number of pyridine rings is 1. The van der Waals surface area contributed by atoms with E-state index < -0.39 is 0 Å². The average molecular weight is 193 g/mol. The van der Waals surface area contributed by atoms with Crippen molar-refractivity contribution in [2.24, 2.45) is 5.41 Å². The molecule has 0 saturated heterocycles. The highest BCUT2D eigenvalue weighted by molar-refractivity contribution is 5.45. The number of nitrogens with zero attached hydrogens (tertiary/aromatic N) is 1. The summed E-state index contributed by atoms with van der Waals surface area (Å²) >= 11 is 0. The van der Waals surface area contributed by atoms with Gasteiger partial charge in [0.2, 0.25) is 0 Å². The maximum Gasteiger partial charge on any atom is 0.123 e. The van der Waals surface area contributed by atoms with Crippen molar-refractivity contribution in [2.45, 2.75) is 27.2 Å². The number of anilines is 2. The summed E-state index contributed by atoms with van der Waals surface area (Å²) in [6.45, 7) is 7.66. The number of aromatic nitrogens is 1. The lowest BCUT2D eigenvalue weighted by Gasteiger charge is -2.18. The molecule has 0 aliphatic rings. The Morgan fingerprint density at radius 1 is 1.36 bits per heavy atom. The molecule has 0 aliphatic heterocycles. The second kappa shape index (κ2) is 4.31. The summed E-state index contributed by atoms with van der Waals surface area (Å²) in [6, 6.07) is 3.75. The van der Waals surface area contributed by atoms with Gasteiger partial charge in [0.15, 0.2) is 0 Å². The standard InChI is InChI=1S/C11H19N3/c1-11(2,3)6-7-13-9-4-5-10(12)14-8-9/h4-5,8,13H,6-7H2,1-3H3,(H2,12,14). The summed E-state index contributed by atoms with van der Waals surface area (Å²) in [5, 5.41) is 3.31. The molecule has 0 bridgehead atoms. The highest BCUT2D eigenvalue weighted by Crippen LogP contribution is 2.18. The van der Waals surface area contributed by atoms with Crippen LogP contribution in [0.1, 0.15) is 27.2 Å². The van der Waals surface area contributed by atoms with Crippen LogP contribution >= 0.6 is 0 Å². The largest absolute Gasteiger partial charge is 0.384 e. The van der Waals surface area contributed by atoms with Crippen molar-refractivity contribution >= 4 is 11.5 Å². The summed E-state index contributed by atoms with van der Waals surface area (Å²) in [7, 11) is 0. The minimum Gasteiger partial charge on any atom is -0.384 e. The molecule has 0 atom stereocenters. The predicted molar refractivity (Wildman–Crippen MR) is 61.2 cm³/mol. The summed E-state index contributed by atoms with van der Waals surface area (Å²) in [5.74, 6) is 0.561. The number of nitrogens with two attached hydrogens (primary N) is 1. The predicted octanol–water partition coefficient (Wildman–Crippen LogP) is 2.51. The molecule has 3 heteroatoms. The molecule has 0 amide bonds. The highest BCUT2D eigenvalue weighted by Gasteiger charge is 2.08. The Balaban J connectivity index is 2.35. The van der Waals surface area contributed by atoms with E-state index in [1.165, 1.54) is 0 Å². The molecule has 1 heterocycles. The van der Waals surface area contributed by atoms with Crippen LogP contribution in [0.4, 0.5) is 11.5 Å². The molecule has 0 radical (unpaired) electrons. The molecule has 78 valence electrons. The molecule has 1 aromatic rings. The number of nitrogen functional groups attached to an aromatic ring is 1. The van der Waals surface area contributed by atoms with Crippen molar-refractivity contribution in [1.29, 1.82) is 0 Å². The molecule has 0 saturated carbocycles. The van der Waals surface area contributed by atoms with Gasteiger partial charge in [-0.15, -0.1) is 0 Å². The van der Waals surface area contributed by atoms with Crippen molar-refractivity contribution in [1.82, 2.24) is 4.98 Å². The molecule has 1 rings (SSSR count). The van der Waals surface area contributed by atoms with Crippen molar-refractivity contribution in [3.05, 3.63) is 18.3 Å². The van der Waals surface area contributed by atoms with E-state index in [0.717, 1.165) is 18.7 Å². The first-order valence-electron chi connectivity index (χ1n) is 4.93. The van der Waals surface area contributed by atoms with E-state index in [1.807, 2.05) is 6.07 Å². The molecule has 3 nitrogen and oxygen atoms in total. The Morgan fingerprint density at radius 2 is 2.07 bits per heavy atom. The third-order valence-electron chi connectivity index (χ3n) is 1.99. The van der Waals surface area contributed by atoms with E-state index in [4.69, 9.17) is 5.73 Å². The fourth-order valence-corrected chi connectivity index (χ4v) is 1.09. The molecule has 1 aromatic heterocycles. The normalized spacial score (nSPS) is 11.4. The molecule has 0 spiro atoms. The van der Waals surface area contributed by atoms with Crippen LogP contribution in [0.3, 0.4) is 0 Å². The SMILES string of the molecule is CC(C)(C)CCNc1ccc(N)nc1. The third kappa shape index (κ3) is 4.12. The smallest absolute Gasteiger partial charge is 0.123 e. The Bertz CT molecular complexity index is 272. The van der Waals surface area contributed by atoms with Gasteiger partial charge in [-0.05, 0) is 24.0 Å². The van der Waals surface area contributed by atoms with Gasteiger partial charge in [-0.1, -0.05) is 20.8 Å². The topological polar surface area (TPSA) is 50.9 Å². The van der Waals surface area contributed by atoms with E-state index in [-0.39, 0.29) is 0 Å². The zero-order valence-corrected chi connectivity index (χ0v) is 9.17. The van der Waals surface area contributed by atoms with Crippen LogP contribution in [0.2, 0.25) is 0 Å². The maximum atomic E-state index is 5.49. The van der Waals surface area contributed by atoms with Crippen LogP contribution in [-0.4, -0.2) is 11.5 Å². The van der Waals surface area contributed by atoms with Crippen LogP contribution in [-0.2, 0) is 0 Å². The lowest BCUT2D eigenvalue weighted by Crippen LogP contribution is -2.12. The van der Waals surface area contributed by atoms with Crippen molar-refractivity contribution in [3.63, 3.8) is 0 Å². The van der Waals surface area contributed by atoms with Crippen molar-refractivity contribution in [3.8, 4) is 0 Å². The van der Waals surface area contributed by atoms with Crippen LogP contribution in [0.5, 0.6) is 0 Å². The molecule has 3 N–H and O–H groups in total. The lowest BCUT2D eigenvalue weighted by molar-refractivity contribution is 0.390. The molecule has 0 unspecified atom stereocenters. The van der Waals surface area contributed by atoms with E-state index in [1.54, 1.807) is 12.3 Å². The van der Waals surface area contributed by atoms with Gasteiger partial charge in [0.05, 0.1) is 11.9 Å².